The minimum atomic E-state index is 0. The highest BCUT2D eigenvalue weighted by Crippen LogP contribution is 2.27. The lowest BCUT2D eigenvalue weighted by Crippen LogP contribution is -2.49. The van der Waals surface area contributed by atoms with Crippen LogP contribution in [0.5, 0.6) is 0 Å². The van der Waals surface area contributed by atoms with Crippen LogP contribution in [-0.4, -0.2) is 59.8 Å². The molecular weight excluding hydrogens is 417 g/mol. The highest BCUT2D eigenvalue weighted by Gasteiger charge is 2.28. The van der Waals surface area contributed by atoms with E-state index >= 15 is 0 Å². The summed E-state index contributed by atoms with van der Waals surface area (Å²) in [7, 11) is 1.87. The summed E-state index contributed by atoms with van der Waals surface area (Å²) >= 11 is 0. The second-order valence-electron chi connectivity index (χ2n) is 6.69. The predicted octanol–water partition coefficient (Wildman–Crippen LogP) is 2.53. The Hall–Kier alpha value is -0.830. The number of halogens is 1. The summed E-state index contributed by atoms with van der Waals surface area (Å²) in [6, 6.07) is 0.461. The number of likely N-dealkylation sites (tertiary alicyclic amines) is 1. The SMILES string of the molecule is CN=C(NCCC1CCCO1)N1CCC(C)C(n2ccnc2)C1.I. The number of ether oxygens (including phenoxy) is 1. The minimum Gasteiger partial charge on any atom is -0.378 e. The van der Waals surface area contributed by atoms with Crippen molar-refractivity contribution in [2.75, 3.05) is 33.3 Å². The number of piperidine rings is 1. The number of aliphatic imine (C=N–C) groups is 1. The molecule has 2 saturated heterocycles. The lowest BCUT2D eigenvalue weighted by molar-refractivity contribution is 0.105. The van der Waals surface area contributed by atoms with Gasteiger partial charge < -0.3 is 19.5 Å². The van der Waals surface area contributed by atoms with Gasteiger partial charge in [0.05, 0.1) is 18.5 Å². The summed E-state index contributed by atoms with van der Waals surface area (Å²) in [5, 5.41) is 3.52. The van der Waals surface area contributed by atoms with Gasteiger partial charge in [-0.25, -0.2) is 4.98 Å². The van der Waals surface area contributed by atoms with Gasteiger partial charge in [-0.15, -0.1) is 24.0 Å². The van der Waals surface area contributed by atoms with E-state index in [9.17, 15) is 0 Å². The average Bonchev–Trinajstić information content (AvgIpc) is 3.26. The standard InChI is InChI=1S/C17H29N5O.HI/c1-14-6-9-21(12-16(14)22-10-8-19-13-22)17(18-2)20-7-5-15-4-3-11-23-15;/h8,10,13-16H,3-7,9,11-12H2,1-2H3,(H,18,20);1H. The summed E-state index contributed by atoms with van der Waals surface area (Å²) in [5.41, 5.74) is 0. The Morgan fingerprint density at radius 2 is 2.29 bits per heavy atom. The Morgan fingerprint density at radius 3 is 2.96 bits per heavy atom. The van der Waals surface area contributed by atoms with E-state index < -0.39 is 0 Å². The van der Waals surface area contributed by atoms with E-state index in [4.69, 9.17) is 4.74 Å². The summed E-state index contributed by atoms with van der Waals surface area (Å²) in [4.78, 5) is 11.1. The molecule has 1 aromatic heterocycles. The van der Waals surface area contributed by atoms with E-state index in [-0.39, 0.29) is 24.0 Å². The molecule has 7 heteroatoms. The van der Waals surface area contributed by atoms with Crippen molar-refractivity contribution in [3.63, 3.8) is 0 Å². The van der Waals surface area contributed by atoms with Crippen LogP contribution in [0.15, 0.2) is 23.7 Å². The summed E-state index contributed by atoms with van der Waals surface area (Å²) in [5.74, 6) is 1.67. The number of imidazole rings is 1. The molecule has 2 fully saturated rings. The Balaban J connectivity index is 0.00000208. The first kappa shape index (κ1) is 19.5. The molecular formula is C17H30IN5O. The first-order valence-corrected chi connectivity index (χ1v) is 8.82. The quantitative estimate of drug-likeness (QED) is 0.438. The molecule has 2 aliphatic heterocycles. The van der Waals surface area contributed by atoms with Gasteiger partial charge in [-0.2, -0.15) is 0 Å². The second kappa shape index (κ2) is 9.60. The summed E-state index contributed by atoms with van der Waals surface area (Å²) in [6.45, 7) is 6.23. The lowest BCUT2D eigenvalue weighted by Gasteiger charge is -2.39. The van der Waals surface area contributed by atoms with Crippen molar-refractivity contribution in [2.24, 2.45) is 10.9 Å². The highest BCUT2D eigenvalue weighted by atomic mass is 127. The molecule has 136 valence electrons. The molecule has 0 bridgehead atoms. The third-order valence-corrected chi connectivity index (χ3v) is 5.11. The van der Waals surface area contributed by atoms with Crippen LogP contribution in [0.3, 0.4) is 0 Å². The molecule has 0 radical (unpaired) electrons. The van der Waals surface area contributed by atoms with Crippen molar-refractivity contribution < 1.29 is 4.74 Å². The number of rotatable bonds is 4. The van der Waals surface area contributed by atoms with Gasteiger partial charge in [0.2, 0.25) is 0 Å². The molecule has 3 rings (SSSR count). The molecule has 3 unspecified atom stereocenters. The van der Waals surface area contributed by atoms with E-state index in [1.807, 2.05) is 19.6 Å². The van der Waals surface area contributed by atoms with Crippen LogP contribution in [-0.2, 0) is 4.74 Å². The Kier molecular flexibility index (Phi) is 7.80. The van der Waals surface area contributed by atoms with E-state index in [1.165, 1.54) is 19.3 Å². The van der Waals surface area contributed by atoms with Crippen molar-refractivity contribution in [3.05, 3.63) is 18.7 Å². The number of aromatic nitrogens is 2. The van der Waals surface area contributed by atoms with E-state index in [0.29, 0.717) is 18.1 Å². The summed E-state index contributed by atoms with van der Waals surface area (Å²) < 4.78 is 7.92. The lowest BCUT2D eigenvalue weighted by atomic mass is 9.93. The van der Waals surface area contributed by atoms with Gasteiger partial charge in [0.15, 0.2) is 5.96 Å². The number of nitrogens with zero attached hydrogens (tertiary/aromatic N) is 4. The van der Waals surface area contributed by atoms with Crippen LogP contribution in [0, 0.1) is 5.92 Å². The zero-order chi connectivity index (χ0) is 16.1. The second-order valence-corrected chi connectivity index (χ2v) is 6.69. The van der Waals surface area contributed by atoms with Crippen LogP contribution in [0.1, 0.15) is 38.6 Å². The van der Waals surface area contributed by atoms with Gasteiger partial charge in [0.1, 0.15) is 0 Å². The Labute approximate surface area is 162 Å². The van der Waals surface area contributed by atoms with Gasteiger partial charge in [-0.3, -0.25) is 4.99 Å². The molecule has 3 heterocycles. The highest BCUT2D eigenvalue weighted by molar-refractivity contribution is 14.0. The van der Waals surface area contributed by atoms with Crippen LogP contribution in [0.2, 0.25) is 0 Å². The third-order valence-electron chi connectivity index (χ3n) is 5.11. The fraction of sp³-hybridized carbons (Fsp3) is 0.765. The van der Waals surface area contributed by atoms with Gasteiger partial charge in [-0.1, -0.05) is 6.92 Å². The number of guanidine groups is 1. The smallest absolute Gasteiger partial charge is 0.193 e. The van der Waals surface area contributed by atoms with Gasteiger partial charge >= 0.3 is 0 Å². The van der Waals surface area contributed by atoms with Crippen molar-refractivity contribution >= 4 is 29.9 Å². The van der Waals surface area contributed by atoms with Gasteiger partial charge in [0, 0.05) is 45.7 Å². The van der Waals surface area contributed by atoms with Gasteiger partial charge in [0.25, 0.3) is 0 Å². The maximum atomic E-state index is 5.69. The van der Waals surface area contributed by atoms with Crippen molar-refractivity contribution in [1.29, 1.82) is 0 Å². The molecule has 6 nitrogen and oxygen atoms in total. The van der Waals surface area contributed by atoms with E-state index in [2.05, 4.69) is 37.9 Å². The molecule has 1 aromatic rings. The first-order valence-electron chi connectivity index (χ1n) is 8.82. The molecule has 0 aliphatic carbocycles. The maximum absolute atomic E-state index is 5.69. The molecule has 0 aromatic carbocycles. The average molecular weight is 447 g/mol. The largest absolute Gasteiger partial charge is 0.378 e. The van der Waals surface area contributed by atoms with Crippen LogP contribution >= 0.6 is 24.0 Å². The molecule has 0 spiro atoms. The van der Waals surface area contributed by atoms with E-state index in [1.54, 1.807) is 0 Å². The number of hydrogen-bond acceptors (Lipinski definition) is 3. The van der Waals surface area contributed by atoms with Crippen molar-refractivity contribution in [2.45, 2.75) is 44.8 Å². The van der Waals surface area contributed by atoms with Crippen molar-refractivity contribution in [1.82, 2.24) is 19.8 Å². The first-order chi connectivity index (χ1) is 11.3. The third kappa shape index (κ3) is 4.84. The van der Waals surface area contributed by atoms with Crippen molar-refractivity contribution in [3.8, 4) is 0 Å². The molecule has 0 amide bonds. The predicted molar refractivity (Wildman–Crippen MR) is 107 cm³/mol. The topological polar surface area (TPSA) is 54.7 Å². The normalized spacial score (nSPS) is 27.8. The van der Waals surface area contributed by atoms with Crippen LogP contribution in [0.25, 0.3) is 0 Å². The molecule has 0 saturated carbocycles. The maximum Gasteiger partial charge on any atom is 0.193 e. The molecule has 2 aliphatic rings. The summed E-state index contributed by atoms with van der Waals surface area (Å²) in [6.07, 6.45) is 10.9. The zero-order valence-electron chi connectivity index (χ0n) is 14.7. The Bertz CT molecular complexity index is 501. The minimum absolute atomic E-state index is 0. The monoisotopic (exact) mass is 447 g/mol. The number of hydrogen-bond donors (Lipinski definition) is 1. The fourth-order valence-corrected chi connectivity index (χ4v) is 3.64. The van der Waals surface area contributed by atoms with Crippen LogP contribution in [0.4, 0.5) is 0 Å². The fourth-order valence-electron chi connectivity index (χ4n) is 3.64. The van der Waals surface area contributed by atoms with Crippen LogP contribution < -0.4 is 5.32 Å². The van der Waals surface area contributed by atoms with E-state index in [0.717, 1.165) is 38.6 Å². The molecule has 3 atom stereocenters. The van der Waals surface area contributed by atoms with Gasteiger partial charge in [-0.05, 0) is 31.6 Å². The molecule has 24 heavy (non-hydrogen) atoms. The number of nitrogens with one attached hydrogen (secondary N) is 1. The Morgan fingerprint density at radius 1 is 1.42 bits per heavy atom. The zero-order valence-corrected chi connectivity index (χ0v) is 17.1. The molecule has 1 N–H and O–H groups in total.